The number of carbonyl (C=O) groups excluding carboxylic acids is 2. The van der Waals surface area contributed by atoms with E-state index >= 15 is 0 Å². The molecule has 6 heteroatoms. The maximum absolute atomic E-state index is 12.4. The lowest BCUT2D eigenvalue weighted by Gasteiger charge is -2.20. The molecule has 6 nitrogen and oxygen atoms in total. The van der Waals surface area contributed by atoms with Crippen LogP contribution in [-0.2, 0) is 14.3 Å². The van der Waals surface area contributed by atoms with Crippen molar-refractivity contribution in [3.63, 3.8) is 0 Å². The van der Waals surface area contributed by atoms with Crippen LogP contribution in [0.25, 0.3) is 0 Å². The van der Waals surface area contributed by atoms with Crippen LogP contribution in [0, 0.1) is 0 Å². The Morgan fingerprint density at radius 3 is 1.14 bits per heavy atom. The van der Waals surface area contributed by atoms with Crippen LogP contribution in [0.5, 0.6) is 0 Å². The molecule has 2 unspecified atom stereocenters. The molecule has 0 rings (SSSR count). The molecule has 0 aromatic rings. The fraction of sp³-hybridized carbons (Fsp3) is 0.898. The van der Waals surface area contributed by atoms with E-state index in [0.717, 1.165) is 44.9 Å². The van der Waals surface area contributed by atoms with Gasteiger partial charge >= 0.3 is 5.97 Å². The molecule has 0 fully saturated rings. The molecule has 0 saturated heterocycles. The van der Waals surface area contributed by atoms with E-state index in [9.17, 15) is 19.8 Å². The normalized spacial score (nSPS) is 12.7. The van der Waals surface area contributed by atoms with Gasteiger partial charge < -0.3 is 20.3 Å². The lowest BCUT2D eigenvalue weighted by atomic mass is 10.0. The first kappa shape index (κ1) is 63.3. The van der Waals surface area contributed by atoms with Gasteiger partial charge in [0.05, 0.1) is 25.4 Å². The van der Waals surface area contributed by atoms with E-state index in [1.807, 2.05) is 6.08 Å². The van der Waals surface area contributed by atoms with Gasteiger partial charge in [0.15, 0.2) is 0 Å². The largest absolute Gasteiger partial charge is 0.466 e. The number of amides is 1. The summed E-state index contributed by atoms with van der Waals surface area (Å²) in [6.07, 6.45) is 66.5. The Morgan fingerprint density at radius 2 is 0.738 bits per heavy atom. The first-order valence-electron chi connectivity index (χ1n) is 29.1. The first-order valence-corrected chi connectivity index (χ1v) is 29.1. The quantitative estimate of drug-likeness (QED) is 0.0321. The van der Waals surface area contributed by atoms with Gasteiger partial charge in [0.1, 0.15) is 0 Å². The van der Waals surface area contributed by atoms with E-state index < -0.39 is 12.1 Å². The van der Waals surface area contributed by atoms with Crippen molar-refractivity contribution in [2.45, 2.75) is 328 Å². The van der Waals surface area contributed by atoms with Gasteiger partial charge in [-0.2, -0.15) is 0 Å². The van der Waals surface area contributed by atoms with Crippen LogP contribution in [0.1, 0.15) is 316 Å². The molecule has 0 aliphatic carbocycles. The van der Waals surface area contributed by atoms with Crippen molar-refractivity contribution in [3.05, 3.63) is 24.3 Å². The molecule has 1 amide bonds. The Bertz CT molecular complexity index is 1010. The SMILES string of the molecule is CCCC/C=C\CCCCCCCC(=O)OCCCCCCCCCCCCCCCCCCCCCCCCCCCCCC(=O)NC(CO)C(O)/C=C/CCCCCCCCCC. The number of aliphatic hydroxyl groups is 2. The fourth-order valence-electron chi connectivity index (χ4n) is 8.97. The van der Waals surface area contributed by atoms with Gasteiger partial charge in [-0.15, -0.1) is 0 Å². The summed E-state index contributed by atoms with van der Waals surface area (Å²) < 4.78 is 5.46. The van der Waals surface area contributed by atoms with Crippen molar-refractivity contribution in [2.24, 2.45) is 0 Å². The maximum atomic E-state index is 12.4. The first-order chi connectivity index (χ1) is 32.0. The third kappa shape index (κ3) is 51.6. The van der Waals surface area contributed by atoms with Gasteiger partial charge in [0.25, 0.3) is 0 Å². The average Bonchev–Trinajstić information content (AvgIpc) is 3.31. The Balaban J connectivity index is 3.34. The standard InChI is InChI=1S/C59H113NO5/c1-3-5-7-9-11-13-32-37-41-45-49-53-59(64)65-54-50-46-42-38-34-31-29-27-25-23-21-19-17-15-16-18-20-22-24-26-28-30-33-36-40-44-48-52-58(63)60-56(55-61)57(62)51-47-43-39-35-14-12-10-8-6-4-2/h9,11,47,51,56-57,61-62H,3-8,10,12-46,48-50,52-55H2,1-2H3,(H,60,63)/b11-9-,51-47+. The van der Waals surface area contributed by atoms with E-state index in [0.29, 0.717) is 19.4 Å². The van der Waals surface area contributed by atoms with E-state index in [2.05, 4.69) is 31.3 Å². The number of rotatable bonds is 54. The van der Waals surface area contributed by atoms with Gasteiger partial charge in [-0.1, -0.05) is 276 Å². The van der Waals surface area contributed by atoms with E-state index in [1.54, 1.807) is 6.08 Å². The highest BCUT2D eigenvalue weighted by molar-refractivity contribution is 5.76. The molecular formula is C59H113NO5. The number of aliphatic hydroxyl groups excluding tert-OH is 2. The van der Waals surface area contributed by atoms with Crippen LogP contribution in [0.4, 0.5) is 0 Å². The summed E-state index contributed by atoms with van der Waals surface area (Å²) >= 11 is 0. The number of hydrogen-bond acceptors (Lipinski definition) is 5. The predicted molar refractivity (Wildman–Crippen MR) is 283 cm³/mol. The second kappa shape index (κ2) is 54.9. The third-order valence-corrected chi connectivity index (χ3v) is 13.5. The summed E-state index contributed by atoms with van der Waals surface area (Å²) in [5.74, 6) is -0.0602. The molecule has 0 spiro atoms. The number of allylic oxidation sites excluding steroid dienone is 3. The fourth-order valence-corrected chi connectivity index (χ4v) is 8.97. The Hall–Kier alpha value is -1.66. The lowest BCUT2D eigenvalue weighted by molar-refractivity contribution is -0.143. The zero-order valence-corrected chi connectivity index (χ0v) is 43.7. The number of carbonyl (C=O) groups is 2. The second-order valence-corrected chi connectivity index (χ2v) is 20.0. The number of ether oxygens (including phenoxy) is 1. The number of nitrogens with one attached hydrogen (secondary N) is 1. The van der Waals surface area contributed by atoms with Crippen LogP contribution >= 0.6 is 0 Å². The summed E-state index contributed by atoms with van der Waals surface area (Å²) in [5.41, 5.74) is 0. The molecule has 0 aliphatic heterocycles. The van der Waals surface area contributed by atoms with Crippen LogP contribution in [0.2, 0.25) is 0 Å². The predicted octanol–water partition coefficient (Wildman–Crippen LogP) is 17.9. The van der Waals surface area contributed by atoms with E-state index in [1.165, 1.54) is 244 Å². The van der Waals surface area contributed by atoms with Gasteiger partial charge in [0.2, 0.25) is 5.91 Å². The molecule has 0 heterocycles. The zero-order valence-electron chi connectivity index (χ0n) is 43.7. The minimum absolute atomic E-state index is 0.00636. The molecular weight excluding hydrogens is 803 g/mol. The lowest BCUT2D eigenvalue weighted by Crippen LogP contribution is -2.45. The monoisotopic (exact) mass is 916 g/mol. The topological polar surface area (TPSA) is 95.9 Å². The van der Waals surface area contributed by atoms with Gasteiger partial charge in [0, 0.05) is 12.8 Å². The molecule has 65 heavy (non-hydrogen) atoms. The van der Waals surface area contributed by atoms with Crippen molar-refractivity contribution in [2.75, 3.05) is 13.2 Å². The summed E-state index contributed by atoms with van der Waals surface area (Å²) in [5, 5.41) is 23.0. The Labute approximate surface area is 405 Å². The minimum atomic E-state index is -0.840. The Kier molecular flexibility index (Phi) is 53.5. The summed E-state index contributed by atoms with van der Waals surface area (Å²) in [6, 6.07) is -0.623. The second-order valence-electron chi connectivity index (χ2n) is 20.0. The number of esters is 1. The van der Waals surface area contributed by atoms with Crippen molar-refractivity contribution in [1.82, 2.24) is 5.32 Å². The maximum Gasteiger partial charge on any atom is 0.305 e. The highest BCUT2D eigenvalue weighted by Crippen LogP contribution is 2.17. The minimum Gasteiger partial charge on any atom is -0.466 e. The third-order valence-electron chi connectivity index (χ3n) is 13.5. The zero-order chi connectivity index (χ0) is 47.2. The van der Waals surface area contributed by atoms with Crippen molar-refractivity contribution in [1.29, 1.82) is 0 Å². The van der Waals surface area contributed by atoms with Crippen molar-refractivity contribution >= 4 is 11.9 Å². The average molecular weight is 917 g/mol. The summed E-state index contributed by atoms with van der Waals surface area (Å²) in [7, 11) is 0. The smallest absolute Gasteiger partial charge is 0.305 e. The molecule has 2 atom stereocenters. The van der Waals surface area contributed by atoms with Crippen molar-refractivity contribution < 1.29 is 24.5 Å². The molecule has 0 aliphatic rings. The van der Waals surface area contributed by atoms with Gasteiger partial charge in [-0.3, -0.25) is 9.59 Å². The summed E-state index contributed by atoms with van der Waals surface area (Å²) in [6.45, 7) is 4.86. The molecule has 3 N–H and O–H groups in total. The molecule has 0 saturated carbocycles. The van der Waals surface area contributed by atoms with E-state index in [-0.39, 0.29) is 18.5 Å². The van der Waals surface area contributed by atoms with Crippen LogP contribution in [-0.4, -0.2) is 47.4 Å². The highest BCUT2D eigenvalue weighted by atomic mass is 16.5. The Morgan fingerprint density at radius 1 is 0.415 bits per heavy atom. The number of hydrogen-bond donors (Lipinski definition) is 3. The summed E-state index contributed by atoms with van der Waals surface area (Å²) in [4.78, 5) is 24.4. The van der Waals surface area contributed by atoms with Crippen LogP contribution in [0.3, 0.4) is 0 Å². The molecule has 0 radical (unpaired) electrons. The van der Waals surface area contributed by atoms with Gasteiger partial charge in [-0.05, 0) is 51.4 Å². The highest BCUT2D eigenvalue weighted by Gasteiger charge is 2.18. The molecule has 0 aromatic carbocycles. The number of unbranched alkanes of at least 4 members (excludes halogenated alkanes) is 41. The van der Waals surface area contributed by atoms with E-state index in [4.69, 9.17) is 4.74 Å². The molecule has 0 bridgehead atoms. The van der Waals surface area contributed by atoms with Crippen LogP contribution in [0.15, 0.2) is 24.3 Å². The van der Waals surface area contributed by atoms with Crippen LogP contribution < -0.4 is 5.32 Å². The van der Waals surface area contributed by atoms with Gasteiger partial charge in [-0.25, -0.2) is 0 Å². The van der Waals surface area contributed by atoms with Crippen molar-refractivity contribution in [3.8, 4) is 0 Å². The molecule has 384 valence electrons. The molecule has 0 aromatic heterocycles.